The monoisotopic (exact) mass is 541 g/mol. The van der Waals surface area contributed by atoms with Crippen LogP contribution in [0, 0.1) is 11.3 Å². The van der Waals surface area contributed by atoms with E-state index in [0.29, 0.717) is 5.69 Å². The van der Waals surface area contributed by atoms with E-state index >= 15 is 0 Å². The van der Waals surface area contributed by atoms with Crippen LogP contribution in [-0.4, -0.2) is 17.1 Å². The third-order valence-corrected chi connectivity index (χ3v) is 7.09. The molecule has 0 bridgehead atoms. The van der Waals surface area contributed by atoms with Gasteiger partial charge >= 0.3 is 6.18 Å². The number of alkyl halides is 3. The SMILES string of the molecule is N#C/C(C(=O)NCc1ccccc1)=C1/S[C@@H](Cc2cc(Cl)ccc2C(F)(F)F)C(=O)N1c1ccccc1. The number of nitrogens with one attached hydrogen (secondary N) is 1. The summed E-state index contributed by atoms with van der Waals surface area (Å²) in [4.78, 5) is 27.7. The molecule has 0 unspecified atom stereocenters. The number of nitriles is 1. The first kappa shape index (κ1) is 26.3. The van der Waals surface area contributed by atoms with Gasteiger partial charge in [-0.25, -0.2) is 0 Å². The Labute approximate surface area is 220 Å². The minimum absolute atomic E-state index is 0.0600. The topological polar surface area (TPSA) is 73.2 Å². The van der Waals surface area contributed by atoms with Crippen LogP contribution in [0.3, 0.4) is 0 Å². The Bertz CT molecular complexity index is 1390. The summed E-state index contributed by atoms with van der Waals surface area (Å²) in [6, 6.07) is 22.5. The number of para-hydroxylation sites is 1. The van der Waals surface area contributed by atoms with Gasteiger partial charge in [-0.3, -0.25) is 14.5 Å². The number of halogens is 4. The number of hydrogen-bond acceptors (Lipinski definition) is 4. The number of amides is 2. The Kier molecular flexibility index (Phi) is 7.91. The van der Waals surface area contributed by atoms with E-state index in [9.17, 15) is 28.0 Å². The molecule has 1 heterocycles. The first-order valence-corrected chi connectivity index (χ1v) is 12.3. The summed E-state index contributed by atoms with van der Waals surface area (Å²) < 4.78 is 40.9. The van der Waals surface area contributed by atoms with E-state index in [2.05, 4.69) is 5.32 Å². The molecule has 37 heavy (non-hydrogen) atoms. The summed E-state index contributed by atoms with van der Waals surface area (Å²) in [5.41, 5.74) is -0.139. The Hall–Kier alpha value is -3.74. The summed E-state index contributed by atoms with van der Waals surface area (Å²) in [6.07, 6.45) is -4.94. The quantitative estimate of drug-likeness (QED) is 0.302. The highest BCUT2D eigenvalue weighted by Gasteiger charge is 2.42. The Morgan fingerprint density at radius 1 is 1.05 bits per heavy atom. The predicted molar refractivity (Wildman–Crippen MR) is 136 cm³/mol. The van der Waals surface area contributed by atoms with Gasteiger partial charge in [-0.1, -0.05) is 71.9 Å². The van der Waals surface area contributed by atoms with Gasteiger partial charge in [0.15, 0.2) is 0 Å². The van der Waals surface area contributed by atoms with Gasteiger partial charge in [0.1, 0.15) is 16.7 Å². The first-order chi connectivity index (χ1) is 17.7. The highest BCUT2D eigenvalue weighted by atomic mass is 35.5. The molecule has 188 valence electrons. The molecular weight excluding hydrogens is 523 g/mol. The smallest absolute Gasteiger partial charge is 0.347 e. The minimum atomic E-state index is -4.64. The number of carbonyl (C=O) groups excluding carboxylic acids is 2. The van der Waals surface area contributed by atoms with E-state index in [1.165, 1.54) is 11.0 Å². The van der Waals surface area contributed by atoms with Crippen LogP contribution in [0.5, 0.6) is 0 Å². The second-order valence-electron chi connectivity index (χ2n) is 8.08. The lowest BCUT2D eigenvalue weighted by atomic mass is 10.0. The fourth-order valence-corrected chi connectivity index (χ4v) is 5.36. The van der Waals surface area contributed by atoms with Crippen LogP contribution in [0.25, 0.3) is 0 Å². The van der Waals surface area contributed by atoms with Crippen molar-refractivity contribution >= 4 is 40.9 Å². The van der Waals surface area contributed by atoms with Crippen molar-refractivity contribution in [1.82, 2.24) is 5.32 Å². The average molecular weight is 542 g/mol. The van der Waals surface area contributed by atoms with Crippen molar-refractivity contribution < 1.29 is 22.8 Å². The van der Waals surface area contributed by atoms with E-state index in [0.717, 1.165) is 29.5 Å². The number of carbonyl (C=O) groups is 2. The van der Waals surface area contributed by atoms with Gasteiger partial charge in [0.05, 0.1) is 10.8 Å². The zero-order chi connectivity index (χ0) is 26.6. The van der Waals surface area contributed by atoms with Crippen LogP contribution >= 0.6 is 23.4 Å². The highest BCUT2D eigenvalue weighted by Crippen LogP contribution is 2.43. The van der Waals surface area contributed by atoms with Crippen LogP contribution in [0.1, 0.15) is 16.7 Å². The van der Waals surface area contributed by atoms with Gasteiger partial charge < -0.3 is 5.32 Å². The van der Waals surface area contributed by atoms with Gasteiger partial charge in [-0.2, -0.15) is 18.4 Å². The van der Waals surface area contributed by atoms with E-state index < -0.39 is 28.8 Å². The zero-order valence-corrected chi connectivity index (χ0v) is 20.7. The van der Waals surface area contributed by atoms with Crippen LogP contribution in [-0.2, 0) is 28.7 Å². The molecule has 0 radical (unpaired) electrons. The lowest BCUT2D eigenvalue weighted by molar-refractivity contribution is -0.138. The van der Waals surface area contributed by atoms with Crippen molar-refractivity contribution in [3.63, 3.8) is 0 Å². The van der Waals surface area contributed by atoms with E-state index in [1.54, 1.807) is 30.3 Å². The fraction of sp³-hybridized carbons (Fsp3) is 0.148. The molecule has 1 saturated heterocycles. The maximum Gasteiger partial charge on any atom is 0.416 e. The molecule has 3 aromatic rings. The first-order valence-electron chi connectivity index (χ1n) is 11.1. The van der Waals surface area contributed by atoms with Crippen LogP contribution in [0.15, 0.2) is 89.5 Å². The molecule has 1 N–H and O–H groups in total. The number of anilines is 1. The number of hydrogen-bond donors (Lipinski definition) is 1. The molecule has 1 fully saturated rings. The molecule has 1 aliphatic rings. The van der Waals surface area contributed by atoms with Crippen molar-refractivity contribution in [2.75, 3.05) is 4.90 Å². The van der Waals surface area contributed by atoms with E-state index in [-0.39, 0.29) is 34.2 Å². The third kappa shape index (κ3) is 5.98. The summed E-state index contributed by atoms with van der Waals surface area (Å²) >= 11 is 6.85. The van der Waals surface area contributed by atoms with Gasteiger partial charge in [-0.15, -0.1) is 0 Å². The van der Waals surface area contributed by atoms with Crippen molar-refractivity contribution in [1.29, 1.82) is 5.26 Å². The summed E-state index contributed by atoms with van der Waals surface area (Å²) in [6.45, 7) is 0.156. The predicted octanol–water partition coefficient (Wildman–Crippen LogP) is 6.10. The second-order valence-corrected chi connectivity index (χ2v) is 9.71. The van der Waals surface area contributed by atoms with Crippen molar-refractivity contribution in [2.45, 2.75) is 24.4 Å². The van der Waals surface area contributed by atoms with Gasteiger partial charge in [0.25, 0.3) is 5.91 Å². The lowest BCUT2D eigenvalue weighted by Gasteiger charge is -2.19. The summed E-state index contributed by atoms with van der Waals surface area (Å²) in [5.74, 6) is -1.23. The molecule has 0 aliphatic carbocycles. The number of thioether (sulfide) groups is 1. The molecule has 10 heteroatoms. The Morgan fingerprint density at radius 2 is 1.70 bits per heavy atom. The van der Waals surface area contributed by atoms with Crippen LogP contribution < -0.4 is 10.2 Å². The molecule has 0 aromatic heterocycles. The maximum absolute atomic E-state index is 13.6. The van der Waals surface area contributed by atoms with Crippen molar-refractivity contribution in [2.24, 2.45) is 0 Å². The standard InChI is InChI=1S/C27H19ClF3N3O2S/c28-19-11-12-22(27(29,30)31)18(13-19)14-23-25(36)34(20-9-5-2-6-10-20)26(37-23)21(15-32)24(35)33-16-17-7-3-1-4-8-17/h1-13,23H,14,16H2,(H,33,35)/b26-21-/t23-/m0/s1. The molecule has 1 aliphatic heterocycles. The normalized spacial score (nSPS) is 16.9. The molecule has 2 amide bonds. The van der Waals surface area contributed by atoms with Gasteiger partial charge in [0, 0.05) is 17.3 Å². The average Bonchev–Trinajstić information content (AvgIpc) is 3.19. The van der Waals surface area contributed by atoms with E-state index in [4.69, 9.17) is 11.6 Å². The molecule has 3 aromatic carbocycles. The zero-order valence-electron chi connectivity index (χ0n) is 19.1. The van der Waals surface area contributed by atoms with Crippen LogP contribution in [0.2, 0.25) is 5.02 Å². The molecule has 4 rings (SSSR count). The molecule has 0 saturated carbocycles. The molecule has 1 atom stereocenters. The maximum atomic E-state index is 13.6. The number of benzene rings is 3. The lowest BCUT2D eigenvalue weighted by Crippen LogP contribution is -2.32. The van der Waals surface area contributed by atoms with Crippen LogP contribution in [0.4, 0.5) is 18.9 Å². The molecular formula is C27H19ClF3N3O2S. The highest BCUT2D eigenvalue weighted by molar-refractivity contribution is 8.05. The van der Waals surface area contributed by atoms with Crippen molar-refractivity contribution in [3.05, 3.63) is 111 Å². The third-order valence-electron chi connectivity index (χ3n) is 5.59. The van der Waals surface area contributed by atoms with Gasteiger partial charge in [-0.05, 0) is 47.9 Å². The summed E-state index contributed by atoms with van der Waals surface area (Å²) in [7, 11) is 0. The number of nitrogens with zero attached hydrogens (tertiary/aromatic N) is 2. The minimum Gasteiger partial charge on any atom is -0.347 e. The molecule has 0 spiro atoms. The van der Waals surface area contributed by atoms with Gasteiger partial charge in [0.2, 0.25) is 5.91 Å². The Morgan fingerprint density at radius 3 is 2.32 bits per heavy atom. The van der Waals surface area contributed by atoms with E-state index in [1.807, 2.05) is 36.4 Å². The largest absolute Gasteiger partial charge is 0.416 e. The van der Waals surface area contributed by atoms with Crippen molar-refractivity contribution in [3.8, 4) is 6.07 Å². The Balaban J connectivity index is 1.70. The summed E-state index contributed by atoms with van der Waals surface area (Å²) in [5, 5.41) is 11.7. The second kappa shape index (κ2) is 11.1. The molecule has 5 nitrogen and oxygen atoms in total. The number of rotatable bonds is 6. The fourth-order valence-electron chi connectivity index (χ4n) is 3.87.